The molecule has 2 atom stereocenters. The van der Waals surface area contributed by atoms with Gasteiger partial charge in [-0.2, -0.15) is 0 Å². The topological polar surface area (TPSA) is 40.5 Å². The molecule has 0 rings (SSSR count). The summed E-state index contributed by atoms with van der Waals surface area (Å²) in [6.45, 7) is 9.76. The van der Waals surface area contributed by atoms with Crippen LogP contribution in [0.3, 0.4) is 0 Å². The normalized spacial score (nSPS) is 19.6. The highest BCUT2D eigenvalue weighted by Gasteiger charge is 2.36. The predicted molar refractivity (Wildman–Crippen MR) is 60.1 cm³/mol. The predicted octanol–water partition coefficient (Wildman–Crippen LogP) is 2.50. The minimum absolute atomic E-state index is 0.200. The van der Waals surface area contributed by atoms with E-state index in [1.165, 1.54) is 0 Å². The maximum atomic E-state index is 10.4. The van der Waals surface area contributed by atoms with Gasteiger partial charge in [0.25, 0.3) is 0 Å². The molecule has 0 spiro atoms. The summed E-state index contributed by atoms with van der Waals surface area (Å²) in [5.41, 5.74) is -1.02. The average molecular weight is 200 g/mol. The first-order chi connectivity index (χ1) is 6.23. The molecule has 0 aromatic heterocycles. The molecule has 0 aliphatic carbocycles. The van der Waals surface area contributed by atoms with E-state index in [0.29, 0.717) is 0 Å². The molecule has 0 aliphatic heterocycles. The molecular weight excluding hydrogens is 176 g/mol. The molecule has 0 saturated carbocycles. The summed E-state index contributed by atoms with van der Waals surface area (Å²) in [5, 5.41) is 19.6. The number of aliphatic hydroxyl groups is 2. The molecule has 0 aromatic rings. The molecule has 84 valence electrons. The Morgan fingerprint density at radius 1 is 1.29 bits per heavy atom. The van der Waals surface area contributed by atoms with Crippen LogP contribution in [0.2, 0.25) is 0 Å². The van der Waals surface area contributed by atoms with Gasteiger partial charge in [0.1, 0.15) is 0 Å². The van der Waals surface area contributed by atoms with Crippen LogP contribution in [0.1, 0.15) is 47.5 Å². The summed E-state index contributed by atoms with van der Waals surface area (Å²) in [7, 11) is 0. The largest absolute Gasteiger partial charge is 0.389 e. The molecule has 2 heteroatoms. The van der Waals surface area contributed by atoms with Crippen molar-refractivity contribution in [2.75, 3.05) is 0 Å². The SMILES string of the molecule is CCCC(O)(C=CC(C)O)C(C)(C)C. The molecule has 0 aromatic carbocycles. The van der Waals surface area contributed by atoms with Gasteiger partial charge in [0.05, 0.1) is 11.7 Å². The van der Waals surface area contributed by atoms with Crippen LogP contribution in [-0.4, -0.2) is 21.9 Å². The molecule has 2 N–H and O–H groups in total. The summed E-state index contributed by atoms with van der Waals surface area (Å²) in [4.78, 5) is 0. The maximum Gasteiger partial charge on any atom is 0.0876 e. The lowest BCUT2D eigenvalue weighted by Gasteiger charge is -2.38. The second kappa shape index (κ2) is 4.94. The number of aliphatic hydroxyl groups excluding tert-OH is 1. The molecule has 2 nitrogen and oxygen atoms in total. The lowest BCUT2D eigenvalue weighted by molar-refractivity contribution is -0.0220. The van der Waals surface area contributed by atoms with E-state index in [1.54, 1.807) is 19.1 Å². The Hall–Kier alpha value is -0.340. The van der Waals surface area contributed by atoms with E-state index < -0.39 is 11.7 Å². The van der Waals surface area contributed by atoms with E-state index in [2.05, 4.69) is 0 Å². The smallest absolute Gasteiger partial charge is 0.0876 e. The van der Waals surface area contributed by atoms with Crippen molar-refractivity contribution in [2.24, 2.45) is 5.41 Å². The third kappa shape index (κ3) is 3.81. The van der Waals surface area contributed by atoms with Gasteiger partial charge < -0.3 is 10.2 Å². The highest BCUT2D eigenvalue weighted by Crippen LogP contribution is 2.35. The molecule has 0 heterocycles. The van der Waals surface area contributed by atoms with Crippen molar-refractivity contribution < 1.29 is 10.2 Å². The Kier molecular flexibility index (Phi) is 4.82. The molecule has 2 unspecified atom stereocenters. The fraction of sp³-hybridized carbons (Fsp3) is 0.833. The van der Waals surface area contributed by atoms with E-state index in [0.717, 1.165) is 12.8 Å². The first-order valence-corrected chi connectivity index (χ1v) is 5.33. The van der Waals surface area contributed by atoms with Crippen LogP contribution in [0.5, 0.6) is 0 Å². The lowest BCUT2D eigenvalue weighted by Crippen LogP contribution is -2.41. The first-order valence-electron chi connectivity index (χ1n) is 5.33. The molecule has 0 aliphatic rings. The van der Waals surface area contributed by atoms with Crippen molar-refractivity contribution in [3.8, 4) is 0 Å². The molecule has 0 radical (unpaired) electrons. The Labute approximate surface area is 87.7 Å². The number of hydrogen-bond donors (Lipinski definition) is 2. The van der Waals surface area contributed by atoms with Gasteiger partial charge in [0.15, 0.2) is 0 Å². The summed E-state index contributed by atoms with van der Waals surface area (Å²) in [6, 6.07) is 0. The first kappa shape index (κ1) is 13.7. The molecule has 0 bridgehead atoms. The second-order valence-corrected chi connectivity index (χ2v) is 5.02. The maximum absolute atomic E-state index is 10.4. The van der Waals surface area contributed by atoms with E-state index in [4.69, 9.17) is 5.11 Å². The third-order valence-electron chi connectivity index (χ3n) is 2.58. The van der Waals surface area contributed by atoms with Crippen molar-refractivity contribution in [1.29, 1.82) is 0 Å². The Bertz CT molecular complexity index is 189. The molecule has 0 saturated heterocycles. The zero-order chi connectivity index (χ0) is 11.4. The molecule has 0 fully saturated rings. The molecular formula is C12H24O2. The van der Waals surface area contributed by atoms with Gasteiger partial charge in [-0.3, -0.25) is 0 Å². The van der Waals surface area contributed by atoms with Crippen LogP contribution < -0.4 is 0 Å². The Morgan fingerprint density at radius 3 is 2.07 bits per heavy atom. The summed E-state index contributed by atoms with van der Waals surface area (Å²) >= 11 is 0. The molecule has 0 amide bonds. The van der Waals surface area contributed by atoms with Crippen molar-refractivity contribution in [3.05, 3.63) is 12.2 Å². The van der Waals surface area contributed by atoms with Gasteiger partial charge in [-0.15, -0.1) is 0 Å². The summed E-state index contributed by atoms with van der Waals surface area (Å²) in [6.07, 6.45) is 4.54. The van der Waals surface area contributed by atoms with Crippen LogP contribution in [0.25, 0.3) is 0 Å². The van der Waals surface area contributed by atoms with Crippen LogP contribution in [0, 0.1) is 5.41 Å². The highest BCUT2D eigenvalue weighted by molar-refractivity contribution is 5.08. The van der Waals surface area contributed by atoms with Gasteiger partial charge in [-0.05, 0) is 18.8 Å². The monoisotopic (exact) mass is 200 g/mol. The van der Waals surface area contributed by atoms with Crippen molar-refractivity contribution in [2.45, 2.75) is 59.2 Å². The van der Waals surface area contributed by atoms with Crippen LogP contribution >= 0.6 is 0 Å². The van der Waals surface area contributed by atoms with Crippen LogP contribution in [0.4, 0.5) is 0 Å². The standard InChI is InChI=1S/C12H24O2/c1-6-8-12(14,11(3,4)5)9-7-10(2)13/h7,9-10,13-14H,6,8H2,1-5H3. The summed E-state index contributed by atoms with van der Waals surface area (Å²) < 4.78 is 0. The second-order valence-electron chi connectivity index (χ2n) is 5.02. The van der Waals surface area contributed by atoms with Crippen LogP contribution in [-0.2, 0) is 0 Å². The zero-order valence-corrected chi connectivity index (χ0v) is 10.0. The van der Waals surface area contributed by atoms with Crippen LogP contribution in [0.15, 0.2) is 12.2 Å². The van der Waals surface area contributed by atoms with Crippen molar-refractivity contribution in [3.63, 3.8) is 0 Å². The lowest BCUT2D eigenvalue weighted by atomic mass is 9.73. The number of hydrogen-bond acceptors (Lipinski definition) is 2. The fourth-order valence-electron chi connectivity index (χ4n) is 1.39. The minimum Gasteiger partial charge on any atom is -0.389 e. The highest BCUT2D eigenvalue weighted by atomic mass is 16.3. The minimum atomic E-state index is -0.821. The van der Waals surface area contributed by atoms with E-state index >= 15 is 0 Å². The summed E-state index contributed by atoms with van der Waals surface area (Å²) in [5.74, 6) is 0. The van der Waals surface area contributed by atoms with E-state index in [1.807, 2.05) is 27.7 Å². The quantitative estimate of drug-likeness (QED) is 0.684. The fourth-order valence-corrected chi connectivity index (χ4v) is 1.39. The Morgan fingerprint density at radius 2 is 1.79 bits per heavy atom. The Balaban J connectivity index is 4.73. The average Bonchev–Trinajstić information content (AvgIpc) is 1.99. The third-order valence-corrected chi connectivity index (χ3v) is 2.58. The van der Waals surface area contributed by atoms with E-state index in [-0.39, 0.29) is 5.41 Å². The van der Waals surface area contributed by atoms with Crippen molar-refractivity contribution in [1.82, 2.24) is 0 Å². The van der Waals surface area contributed by atoms with Gasteiger partial charge >= 0.3 is 0 Å². The number of rotatable bonds is 4. The van der Waals surface area contributed by atoms with E-state index in [9.17, 15) is 5.11 Å². The van der Waals surface area contributed by atoms with Gasteiger partial charge in [0, 0.05) is 0 Å². The van der Waals surface area contributed by atoms with Crippen molar-refractivity contribution >= 4 is 0 Å². The molecule has 14 heavy (non-hydrogen) atoms. The zero-order valence-electron chi connectivity index (χ0n) is 10.0. The van der Waals surface area contributed by atoms with Gasteiger partial charge in [-0.25, -0.2) is 0 Å². The van der Waals surface area contributed by atoms with Gasteiger partial charge in [-0.1, -0.05) is 46.3 Å². The van der Waals surface area contributed by atoms with Gasteiger partial charge in [0.2, 0.25) is 0 Å².